The van der Waals surface area contributed by atoms with E-state index in [2.05, 4.69) is 61.3 Å². The molecule has 5 heteroatoms. The van der Waals surface area contributed by atoms with Gasteiger partial charge in [0.1, 0.15) is 11.9 Å². The number of allylic oxidation sites excluding steroid dienone is 5. The number of pyridine rings is 1. The van der Waals surface area contributed by atoms with Gasteiger partial charge in [0.15, 0.2) is 5.82 Å². The monoisotopic (exact) mass is 435 g/mol. The van der Waals surface area contributed by atoms with Crippen LogP contribution in [-0.4, -0.2) is 18.1 Å². The molecule has 0 aromatic carbocycles. The molecule has 0 saturated carbocycles. The van der Waals surface area contributed by atoms with E-state index >= 15 is 0 Å². The SMILES string of the molecule is C=C(C)C(=C)CCCCNc1nc(NCCCC/C(=C\CC)C(=C)C)c(C#N)c(C)c1N. The predicted octanol–water partition coefficient (Wildman–Crippen LogP) is 7.05. The van der Waals surface area contributed by atoms with Crippen molar-refractivity contribution in [1.29, 1.82) is 5.26 Å². The van der Waals surface area contributed by atoms with Crippen LogP contribution in [0.25, 0.3) is 0 Å². The fourth-order valence-electron chi connectivity index (χ4n) is 3.38. The summed E-state index contributed by atoms with van der Waals surface area (Å²) in [4.78, 5) is 4.63. The van der Waals surface area contributed by atoms with Gasteiger partial charge in [-0.1, -0.05) is 49.5 Å². The van der Waals surface area contributed by atoms with Gasteiger partial charge in [-0.25, -0.2) is 4.98 Å². The topological polar surface area (TPSA) is 86.8 Å². The van der Waals surface area contributed by atoms with E-state index in [1.54, 1.807) is 0 Å². The molecule has 174 valence electrons. The Hall–Kier alpha value is -3.00. The fourth-order valence-corrected chi connectivity index (χ4v) is 3.38. The van der Waals surface area contributed by atoms with E-state index < -0.39 is 0 Å². The maximum absolute atomic E-state index is 9.61. The summed E-state index contributed by atoms with van der Waals surface area (Å²) in [6, 6.07) is 2.25. The molecule has 0 fully saturated rings. The van der Waals surface area contributed by atoms with Gasteiger partial charge in [-0.2, -0.15) is 5.26 Å². The minimum atomic E-state index is 0.513. The first kappa shape index (κ1) is 27.0. The lowest BCUT2D eigenvalue weighted by Crippen LogP contribution is -2.13. The van der Waals surface area contributed by atoms with E-state index in [1.165, 1.54) is 5.57 Å². The lowest BCUT2D eigenvalue weighted by molar-refractivity contribution is 0.755. The van der Waals surface area contributed by atoms with E-state index in [1.807, 2.05) is 13.8 Å². The van der Waals surface area contributed by atoms with Gasteiger partial charge in [0.05, 0.1) is 11.3 Å². The Bertz CT molecular complexity index is 886. The lowest BCUT2D eigenvalue weighted by atomic mass is 10.0. The Morgan fingerprint density at radius 2 is 1.59 bits per heavy atom. The number of nitrogen functional groups attached to an aromatic ring is 1. The van der Waals surface area contributed by atoms with Crippen LogP contribution in [0.2, 0.25) is 0 Å². The highest BCUT2D eigenvalue weighted by Gasteiger charge is 2.14. The first-order chi connectivity index (χ1) is 15.2. The number of hydrogen-bond donors (Lipinski definition) is 3. The average molecular weight is 436 g/mol. The molecule has 0 unspecified atom stereocenters. The molecule has 1 rings (SSSR count). The normalized spacial score (nSPS) is 11.0. The molecule has 0 bridgehead atoms. The molecule has 0 spiro atoms. The maximum atomic E-state index is 9.61. The highest BCUT2D eigenvalue weighted by molar-refractivity contribution is 5.74. The first-order valence-corrected chi connectivity index (χ1v) is 11.6. The molecule has 0 saturated heterocycles. The van der Waals surface area contributed by atoms with Crippen molar-refractivity contribution in [3.63, 3.8) is 0 Å². The second-order valence-electron chi connectivity index (χ2n) is 8.40. The van der Waals surface area contributed by atoms with Crippen LogP contribution in [0.3, 0.4) is 0 Å². The van der Waals surface area contributed by atoms with Crippen molar-refractivity contribution in [2.24, 2.45) is 0 Å². The zero-order valence-corrected chi connectivity index (χ0v) is 20.5. The van der Waals surface area contributed by atoms with Crippen LogP contribution in [0.5, 0.6) is 0 Å². The van der Waals surface area contributed by atoms with Crippen LogP contribution in [0.4, 0.5) is 17.3 Å². The van der Waals surface area contributed by atoms with Crippen molar-refractivity contribution in [2.45, 2.75) is 72.6 Å². The zero-order chi connectivity index (χ0) is 24.1. The molecule has 4 N–H and O–H groups in total. The number of nitrogens with one attached hydrogen (secondary N) is 2. The summed E-state index contributed by atoms with van der Waals surface area (Å²) in [5, 5.41) is 16.3. The molecule has 32 heavy (non-hydrogen) atoms. The predicted molar refractivity (Wildman–Crippen MR) is 140 cm³/mol. The van der Waals surface area contributed by atoms with Crippen LogP contribution >= 0.6 is 0 Å². The number of rotatable bonds is 15. The van der Waals surface area contributed by atoms with Gasteiger partial charge in [0, 0.05) is 13.1 Å². The molecule has 1 heterocycles. The second-order valence-corrected chi connectivity index (χ2v) is 8.40. The summed E-state index contributed by atoms with van der Waals surface area (Å²) in [5.41, 5.74) is 12.7. The van der Waals surface area contributed by atoms with E-state index in [-0.39, 0.29) is 0 Å². The third-order valence-corrected chi connectivity index (χ3v) is 5.57. The number of aromatic nitrogens is 1. The second kappa shape index (κ2) is 14.1. The number of anilines is 3. The van der Waals surface area contributed by atoms with E-state index in [4.69, 9.17) is 5.73 Å². The summed E-state index contributed by atoms with van der Waals surface area (Å²) in [7, 11) is 0. The maximum Gasteiger partial charge on any atom is 0.152 e. The van der Waals surface area contributed by atoms with Crippen molar-refractivity contribution in [2.75, 3.05) is 29.5 Å². The molecular formula is C27H41N5. The van der Waals surface area contributed by atoms with Crippen LogP contribution in [0.1, 0.15) is 76.8 Å². The third kappa shape index (κ3) is 8.63. The molecule has 0 radical (unpaired) electrons. The number of nitrogens with zero attached hydrogens (tertiary/aromatic N) is 2. The number of nitriles is 1. The van der Waals surface area contributed by atoms with Gasteiger partial charge < -0.3 is 16.4 Å². The van der Waals surface area contributed by atoms with E-state index in [0.717, 1.165) is 80.3 Å². The van der Waals surface area contributed by atoms with Crippen LogP contribution in [0.15, 0.2) is 48.1 Å². The molecule has 0 amide bonds. The van der Waals surface area contributed by atoms with Crippen molar-refractivity contribution in [3.8, 4) is 6.07 Å². The molecule has 0 aliphatic carbocycles. The third-order valence-electron chi connectivity index (χ3n) is 5.57. The summed E-state index contributed by atoms with van der Waals surface area (Å²) in [6.45, 7) is 21.6. The Labute approximate surface area is 195 Å². The summed E-state index contributed by atoms with van der Waals surface area (Å²) >= 11 is 0. The number of unbranched alkanes of at least 4 members (excludes halogenated alkanes) is 2. The van der Waals surface area contributed by atoms with Crippen molar-refractivity contribution < 1.29 is 0 Å². The van der Waals surface area contributed by atoms with Crippen LogP contribution in [0, 0.1) is 18.3 Å². The van der Waals surface area contributed by atoms with Gasteiger partial charge >= 0.3 is 0 Å². The van der Waals surface area contributed by atoms with Gasteiger partial charge in [0.25, 0.3) is 0 Å². The van der Waals surface area contributed by atoms with Crippen molar-refractivity contribution in [3.05, 3.63) is 59.2 Å². The molecule has 0 aliphatic heterocycles. The van der Waals surface area contributed by atoms with Crippen LogP contribution in [-0.2, 0) is 0 Å². The van der Waals surface area contributed by atoms with Gasteiger partial charge in [-0.05, 0) is 76.9 Å². The number of hydrogen-bond acceptors (Lipinski definition) is 5. The minimum absolute atomic E-state index is 0.513. The first-order valence-electron chi connectivity index (χ1n) is 11.6. The minimum Gasteiger partial charge on any atom is -0.395 e. The Kier molecular flexibility index (Phi) is 11.9. The molecular weight excluding hydrogens is 394 g/mol. The largest absolute Gasteiger partial charge is 0.395 e. The summed E-state index contributed by atoms with van der Waals surface area (Å²) in [6.07, 6.45) is 9.29. The Morgan fingerprint density at radius 3 is 2.12 bits per heavy atom. The van der Waals surface area contributed by atoms with E-state index in [9.17, 15) is 5.26 Å². The van der Waals surface area contributed by atoms with Gasteiger partial charge in [-0.3, -0.25) is 0 Å². The number of nitrogens with two attached hydrogens (primary N) is 1. The summed E-state index contributed by atoms with van der Waals surface area (Å²) < 4.78 is 0. The standard InChI is InChI=1S/C27H41N5/c1-8-13-23(20(4)5)15-10-12-16-30-26-24(18-28)22(7)25(29)27(32-26)31-17-11-9-14-21(6)19(2)3/h13H,2,4,6,8-12,14-17,29H2,1,3,5,7H3,(H2,30,31,32)/b23-13+. The highest BCUT2D eigenvalue weighted by Crippen LogP contribution is 2.29. The fraction of sp³-hybridized carbons (Fsp3) is 0.481. The quantitative estimate of drug-likeness (QED) is 0.203. The molecule has 1 aromatic rings. The lowest BCUT2D eigenvalue weighted by Gasteiger charge is -2.16. The Morgan fingerprint density at radius 1 is 1.00 bits per heavy atom. The highest BCUT2D eigenvalue weighted by atomic mass is 15.1. The molecule has 0 atom stereocenters. The van der Waals surface area contributed by atoms with Gasteiger partial charge in [-0.15, -0.1) is 0 Å². The summed E-state index contributed by atoms with van der Waals surface area (Å²) in [5.74, 6) is 1.24. The molecule has 1 aromatic heterocycles. The molecule has 0 aliphatic rings. The van der Waals surface area contributed by atoms with Gasteiger partial charge in [0.2, 0.25) is 0 Å². The van der Waals surface area contributed by atoms with Crippen LogP contribution < -0.4 is 16.4 Å². The Balaban J connectivity index is 2.67. The van der Waals surface area contributed by atoms with Crippen molar-refractivity contribution in [1.82, 2.24) is 4.98 Å². The van der Waals surface area contributed by atoms with E-state index in [0.29, 0.717) is 22.9 Å². The average Bonchev–Trinajstić information content (AvgIpc) is 2.75. The zero-order valence-electron chi connectivity index (χ0n) is 20.5. The smallest absolute Gasteiger partial charge is 0.152 e. The molecule has 5 nitrogen and oxygen atoms in total. The van der Waals surface area contributed by atoms with Crippen molar-refractivity contribution >= 4 is 17.3 Å².